The van der Waals surface area contributed by atoms with Gasteiger partial charge in [-0.3, -0.25) is 14.4 Å². The number of hydrogen-bond acceptors (Lipinski definition) is 7. The molecular weight excluding hydrogens is 486 g/mol. The van der Waals surface area contributed by atoms with E-state index in [2.05, 4.69) is 19.2 Å². The number of hydrogen-bond donors (Lipinski definition) is 1. The number of benzene rings is 2. The average Bonchev–Trinajstić information content (AvgIpc) is 2.88. The summed E-state index contributed by atoms with van der Waals surface area (Å²) in [5.41, 5.74) is 2.41. The molecule has 202 valence electrons. The number of ether oxygens (including phenoxy) is 3. The first-order chi connectivity index (χ1) is 18.0. The molecule has 1 N–H and O–H groups in total. The van der Waals surface area contributed by atoms with Crippen molar-refractivity contribution in [3.63, 3.8) is 0 Å². The van der Waals surface area contributed by atoms with Crippen molar-refractivity contribution in [2.24, 2.45) is 5.41 Å². The van der Waals surface area contributed by atoms with Gasteiger partial charge < -0.3 is 19.5 Å². The van der Waals surface area contributed by atoms with Gasteiger partial charge in [0.1, 0.15) is 18.8 Å². The zero-order chi connectivity index (χ0) is 27.9. The lowest BCUT2D eigenvalue weighted by molar-refractivity contribution is -0.172. The second-order valence-corrected chi connectivity index (χ2v) is 10.0. The molecule has 0 radical (unpaired) electrons. The molecule has 0 spiro atoms. The van der Waals surface area contributed by atoms with Crippen molar-refractivity contribution in [2.45, 2.75) is 65.7 Å². The summed E-state index contributed by atoms with van der Waals surface area (Å²) in [6, 6.07) is 16.4. The Morgan fingerprint density at radius 1 is 0.947 bits per heavy atom. The van der Waals surface area contributed by atoms with E-state index in [0.717, 1.165) is 11.1 Å². The topological polar surface area (TPSA) is 108 Å². The van der Waals surface area contributed by atoms with Crippen LogP contribution in [0.5, 0.6) is 0 Å². The third kappa shape index (κ3) is 7.31. The summed E-state index contributed by atoms with van der Waals surface area (Å²) < 4.78 is 16.7. The van der Waals surface area contributed by atoms with E-state index in [9.17, 15) is 19.2 Å². The molecule has 1 aliphatic rings. The van der Waals surface area contributed by atoms with E-state index < -0.39 is 42.1 Å². The van der Waals surface area contributed by atoms with Crippen LogP contribution < -0.4 is 5.32 Å². The highest BCUT2D eigenvalue weighted by molar-refractivity contribution is 5.95. The Labute approximate surface area is 223 Å². The van der Waals surface area contributed by atoms with Crippen LogP contribution in [0.4, 0.5) is 0 Å². The maximum absolute atomic E-state index is 13.6. The lowest BCUT2D eigenvalue weighted by Crippen LogP contribution is -2.45. The van der Waals surface area contributed by atoms with Gasteiger partial charge in [-0.05, 0) is 54.0 Å². The number of carbonyl (C=O) groups is 4. The fourth-order valence-electron chi connectivity index (χ4n) is 4.66. The quantitative estimate of drug-likeness (QED) is 0.289. The Morgan fingerprint density at radius 3 is 2.13 bits per heavy atom. The SMILES string of the molecule is CC(=O)OCC1=C(C)C(OC(=O)[C@@H](OC(C)=O)[C@@H](NC(=O)c2ccccc2)c2ccccc2)CCC1(C)C. The fraction of sp³-hybridized carbons (Fsp3) is 0.400. The smallest absolute Gasteiger partial charge is 0.350 e. The maximum Gasteiger partial charge on any atom is 0.350 e. The van der Waals surface area contributed by atoms with Crippen molar-refractivity contribution in [1.29, 1.82) is 0 Å². The van der Waals surface area contributed by atoms with E-state index in [-0.39, 0.29) is 12.0 Å². The molecule has 0 fully saturated rings. The molecule has 2 aromatic carbocycles. The summed E-state index contributed by atoms with van der Waals surface area (Å²) in [7, 11) is 0. The molecule has 3 atom stereocenters. The van der Waals surface area contributed by atoms with Gasteiger partial charge in [0.2, 0.25) is 6.10 Å². The number of amides is 1. The molecule has 3 rings (SSSR count). The second kappa shape index (κ2) is 12.5. The standard InChI is InChI=1S/C30H35NO7/c1-19-24(18-36-20(2)32)30(4,5)17-16-25(19)38-29(35)27(37-21(3)33)26(22-12-8-6-9-13-22)31-28(34)23-14-10-7-11-15-23/h6-15,25-27H,16-18H2,1-5H3,(H,31,34)/t25?,26-,27-/m0/s1. The van der Waals surface area contributed by atoms with Crippen molar-refractivity contribution < 1.29 is 33.4 Å². The van der Waals surface area contributed by atoms with Crippen molar-refractivity contribution in [3.05, 3.63) is 82.9 Å². The zero-order valence-corrected chi connectivity index (χ0v) is 22.5. The predicted molar refractivity (Wildman–Crippen MR) is 141 cm³/mol. The molecular formula is C30H35NO7. The van der Waals surface area contributed by atoms with Crippen LogP contribution in [0.1, 0.15) is 69.4 Å². The number of carbonyl (C=O) groups excluding carboxylic acids is 4. The Hall–Kier alpha value is -3.94. The minimum absolute atomic E-state index is 0.107. The van der Waals surface area contributed by atoms with E-state index in [0.29, 0.717) is 24.0 Å². The molecule has 1 aliphatic carbocycles. The van der Waals surface area contributed by atoms with E-state index in [1.807, 2.05) is 6.92 Å². The molecule has 38 heavy (non-hydrogen) atoms. The summed E-state index contributed by atoms with van der Waals surface area (Å²) in [5, 5.41) is 2.85. The molecule has 0 saturated carbocycles. The minimum Gasteiger partial charge on any atom is -0.461 e. The maximum atomic E-state index is 13.6. The molecule has 0 bridgehead atoms. The first kappa shape index (κ1) is 28.6. The average molecular weight is 522 g/mol. The van der Waals surface area contributed by atoms with Crippen molar-refractivity contribution in [2.75, 3.05) is 6.61 Å². The van der Waals surface area contributed by atoms with Gasteiger partial charge in [0, 0.05) is 19.4 Å². The molecule has 1 amide bonds. The normalized spacial score (nSPS) is 18.1. The van der Waals surface area contributed by atoms with Crippen LogP contribution in [0.3, 0.4) is 0 Å². The summed E-state index contributed by atoms with van der Waals surface area (Å²) in [6.45, 7) is 8.62. The zero-order valence-electron chi connectivity index (χ0n) is 22.5. The van der Waals surface area contributed by atoms with Gasteiger partial charge in [0.25, 0.3) is 5.91 Å². The largest absolute Gasteiger partial charge is 0.461 e. The van der Waals surface area contributed by atoms with Crippen LogP contribution >= 0.6 is 0 Å². The molecule has 0 aliphatic heterocycles. The van der Waals surface area contributed by atoms with Gasteiger partial charge >= 0.3 is 17.9 Å². The van der Waals surface area contributed by atoms with Crippen LogP contribution in [0.2, 0.25) is 0 Å². The van der Waals surface area contributed by atoms with E-state index in [1.54, 1.807) is 60.7 Å². The van der Waals surface area contributed by atoms with Crippen molar-refractivity contribution >= 4 is 23.8 Å². The Morgan fingerprint density at radius 2 is 1.55 bits per heavy atom. The highest BCUT2D eigenvalue weighted by Gasteiger charge is 2.40. The third-order valence-corrected chi connectivity index (χ3v) is 6.79. The van der Waals surface area contributed by atoms with Gasteiger partial charge in [0.05, 0.1) is 0 Å². The lowest BCUT2D eigenvalue weighted by atomic mass is 9.72. The molecule has 0 heterocycles. The summed E-state index contributed by atoms with van der Waals surface area (Å²) >= 11 is 0. The van der Waals surface area contributed by atoms with Crippen molar-refractivity contribution in [1.82, 2.24) is 5.32 Å². The van der Waals surface area contributed by atoms with Crippen LogP contribution in [0.15, 0.2) is 71.8 Å². The van der Waals surface area contributed by atoms with E-state index >= 15 is 0 Å². The summed E-state index contributed by atoms with van der Waals surface area (Å²) in [6.07, 6.45) is -0.778. The minimum atomic E-state index is -1.43. The summed E-state index contributed by atoms with van der Waals surface area (Å²) in [4.78, 5) is 50.2. The predicted octanol–water partition coefficient (Wildman–Crippen LogP) is 4.70. The molecule has 0 aromatic heterocycles. The first-order valence-corrected chi connectivity index (χ1v) is 12.6. The molecule has 8 nitrogen and oxygen atoms in total. The van der Waals surface area contributed by atoms with Gasteiger partial charge in [-0.15, -0.1) is 0 Å². The number of nitrogens with one attached hydrogen (secondary N) is 1. The van der Waals surface area contributed by atoms with Crippen LogP contribution in [0.25, 0.3) is 0 Å². The number of rotatable bonds is 9. The van der Waals surface area contributed by atoms with E-state index in [4.69, 9.17) is 14.2 Å². The monoisotopic (exact) mass is 521 g/mol. The highest BCUT2D eigenvalue weighted by atomic mass is 16.6. The fourth-order valence-corrected chi connectivity index (χ4v) is 4.66. The second-order valence-electron chi connectivity index (χ2n) is 10.0. The lowest BCUT2D eigenvalue weighted by Gasteiger charge is -2.38. The number of esters is 3. The van der Waals surface area contributed by atoms with Crippen LogP contribution in [-0.4, -0.2) is 42.6 Å². The van der Waals surface area contributed by atoms with Gasteiger partial charge in [-0.2, -0.15) is 0 Å². The Bertz CT molecular complexity index is 1190. The van der Waals surface area contributed by atoms with Gasteiger partial charge in [-0.1, -0.05) is 62.4 Å². The molecule has 2 aromatic rings. The third-order valence-electron chi connectivity index (χ3n) is 6.79. The van der Waals surface area contributed by atoms with Crippen LogP contribution in [-0.2, 0) is 28.6 Å². The van der Waals surface area contributed by atoms with Gasteiger partial charge in [-0.25, -0.2) is 4.79 Å². The van der Waals surface area contributed by atoms with Crippen LogP contribution in [0, 0.1) is 5.41 Å². The highest BCUT2D eigenvalue weighted by Crippen LogP contribution is 2.41. The Balaban J connectivity index is 1.93. The van der Waals surface area contributed by atoms with Crippen molar-refractivity contribution in [3.8, 4) is 0 Å². The van der Waals surface area contributed by atoms with E-state index in [1.165, 1.54) is 13.8 Å². The molecule has 0 saturated heterocycles. The molecule has 8 heteroatoms. The Kier molecular flexibility index (Phi) is 9.45. The van der Waals surface area contributed by atoms with Gasteiger partial charge in [0.15, 0.2) is 0 Å². The summed E-state index contributed by atoms with van der Waals surface area (Å²) in [5.74, 6) is -2.29. The molecule has 1 unspecified atom stereocenters. The first-order valence-electron chi connectivity index (χ1n) is 12.6.